The Morgan fingerprint density at radius 2 is 1.91 bits per heavy atom. The third kappa shape index (κ3) is 2.92. The number of nitrogens with one attached hydrogen (secondary N) is 2. The average molecular weight is 316 g/mol. The Morgan fingerprint density at radius 1 is 1.27 bits per heavy atom. The molecule has 1 saturated carbocycles. The predicted molar refractivity (Wildman–Crippen MR) is 73.1 cm³/mol. The van der Waals surface area contributed by atoms with Crippen molar-refractivity contribution in [3.63, 3.8) is 0 Å². The lowest BCUT2D eigenvalue weighted by Crippen LogP contribution is -2.59. The topological polar surface area (TPSA) is 78.4 Å². The van der Waals surface area contributed by atoms with Gasteiger partial charge < -0.3 is 15.7 Å². The lowest BCUT2D eigenvalue weighted by molar-refractivity contribution is -0.212. The summed E-state index contributed by atoms with van der Waals surface area (Å²) in [6, 6.07) is 3.03. The first-order valence-corrected chi connectivity index (χ1v) is 6.64. The van der Waals surface area contributed by atoms with Gasteiger partial charge in [0.25, 0.3) is 5.91 Å². The number of halogens is 3. The van der Waals surface area contributed by atoms with Gasteiger partial charge >= 0.3 is 5.92 Å². The highest BCUT2D eigenvalue weighted by Crippen LogP contribution is 2.44. The van der Waals surface area contributed by atoms with Crippen LogP contribution in [0.15, 0.2) is 18.2 Å². The molecule has 3 N–H and O–H groups in total. The molecule has 0 atom stereocenters. The van der Waals surface area contributed by atoms with Crippen molar-refractivity contribution in [2.75, 3.05) is 10.6 Å². The summed E-state index contributed by atoms with van der Waals surface area (Å²) in [7, 11) is 0. The third-order valence-electron chi connectivity index (χ3n) is 3.59. The molecule has 1 fully saturated rings. The summed E-state index contributed by atoms with van der Waals surface area (Å²) in [6.45, 7) is 1.16. The highest BCUT2D eigenvalue weighted by atomic mass is 19.3. The molecule has 22 heavy (non-hydrogen) atoms. The second-order valence-electron chi connectivity index (χ2n) is 5.29. The standard InChI is InChI=1S/C14H15F3N2O3/c1-8(20)18-11-7-9(3-4-10(11)15)19-12(21)14(16,17)13(22)5-2-6-13/h3-4,7,22H,2,5-6H2,1H3,(H,18,20)(H,19,21). The van der Waals surface area contributed by atoms with E-state index in [1.165, 1.54) is 0 Å². The molecular weight excluding hydrogens is 301 g/mol. The van der Waals surface area contributed by atoms with Crippen molar-refractivity contribution in [2.45, 2.75) is 37.7 Å². The van der Waals surface area contributed by atoms with Gasteiger partial charge in [0.15, 0.2) is 0 Å². The number of anilines is 2. The molecule has 0 spiro atoms. The van der Waals surface area contributed by atoms with E-state index in [0.717, 1.165) is 25.1 Å². The number of hydrogen-bond donors (Lipinski definition) is 3. The minimum absolute atomic E-state index is 0.113. The van der Waals surface area contributed by atoms with E-state index in [2.05, 4.69) is 5.32 Å². The molecule has 5 nitrogen and oxygen atoms in total. The molecular formula is C14H15F3N2O3. The molecule has 1 aromatic carbocycles. The first-order chi connectivity index (χ1) is 10.2. The van der Waals surface area contributed by atoms with Crippen LogP contribution in [0, 0.1) is 5.82 Å². The second-order valence-corrected chi connectivity index (χ2v) is 5.29. The fourth-order valence-corrected chi connectivity index (χ4v) is 2.14. The molecule has 1 aliphatic rings. The maximum atomic E-state index is 13.9. The monoisotopic (exact) mass is 316 g/mol. The first-order valence-electron chi connectivity index (χ1n) is 6.64. The smallest absolute Gasteiger partial charge is 0.352 e. The van der Waals surface area contributed by atoms with Gasteiger partial charge in [0, 0.05) is 12.6 Å². The molecule has 2 amide bonds. The Morgan fingerprint density at radius 3 is 2.41 bits per heavy atom. The van der Waals surface area contributed by atoms with Crippen molar-refractivity contribution in [3.8, 4) is 0 Å². The van der Waals surface area contributed by atoms with E-state index in [1.54, 1.807) is 0 Å². The second kappa shape index (κ2) is 5.60. The van der Waals surface area contributed by atoms with Crippen molar-refractivity contribution in [1.82, 2.24) is 0 Å². The molecule has 0 aliphatic heterocycles. The number of carbonyl (C=O) groups is 2. The fraction of sp³-hybridized carbons (Fsp3) is 0.429. The van der Waals surface area contributed by atoms with Gasteiger partial charge in [0.1, 0.15) is 11.4 Å². The van der Waals surface area contributed by atoms with Crippen molar-refractivity contribution in [1.29, 1.82) is 0 Å². The van der Waals surface area contributed by atoms with E-state index in [4.69, 9.17) is 0 Å². The number of alkyl halides is 2. The predicted octanol–water partition coefficient (Wildman–Crippen LogP) is 2.27. The number of rotatable bonds is 4. The SMILES string of the molecule is CC(=O)Nc1cc(NC(=O)C(F)(F)C2(O)CCC2)ccc1F. The largest absolute Gasteiger partial charge is 0.383 e. The van der Waals surface area contributed by atoms with Gasteiger partial charge in [-0.15, -0.1) is 0 Å². The van der Waals surface area contributed by atoms with E-state index < -0.39 is 29.2 Å². The average Bonchev–Trinajstić information content (AvgIpc) is 2.39. The number of hydrogen-bond acceptors (Lipinski definition) is 3. The van der Waals surface area contributed by atoms with Crippen LogP contribution in [0.3, 0.4) is 0 Å². The maximum absolute atomic E-state index is 13.9. The van der Waals surface area contributed by atoms with E-state index in [1.807, 2.05) is 5.32 Å². The molecule has 2 rings (SSSR count). The van der Waals surface area contributed by atoms with Crippen LogP contribution in [0.4, 0.5) is 24.5 Å². The van der Waals surface area contributed by atoms with Crippen molar-refractivity contribution < 1.29 is 27.9 Å². The minimum Gasteiger partial charge on any atom is -0.383 e. The molecule has 0 bridgehead atoms. The van der Waals surface area contributed by atoms with Gasteiger partial charge in [-0.25, -0.2) is 4.39 Å². The van der Waals surface area contributed by atoms with E-state index in [9.17, 15) is 27.9 Å². The van der Waals surface area contributed by atoms with Crippen LogP contribution in [0.2, 0.25) is 0 Å². The fourth-order valence-electron chi connectivity index (χ4n) is 2.14. The summed E-state index contributed by atoms with van der Waals surface area (Å²) < 4.78 is 41.3. The van der Waals surface area contributed by atoms with Gasteiger partial charge in [0.05, 0.1) is 5.69 Å². The Labute approximate surface area is 124 Å². The molecule has 0 aromatic heterocycles. The third-order valence-corrected chi connectivity index (χ3v) is 3.59. The van der Waals surface area contributed by atoms with E-state index in [-0.39, 0.29) is 24.2 Å². The van der Waals surface area contributed by atoms with Gasteiger partial charge in [-0.2, -0.15) is 8.78 Å². The summed E-state index contributed by atoms with van der Waals surface area (Å²) in [6.07, 6.45) is 0.102. The van der Waals surface area contributed by atoms with Crippen molar-refractivity contribution in [3.05, 3.63) is 24.0 Å². The lowest BCUT2D eigenvalue weighted by atomic mass is 9.75. The summed E-state index contributed by atoms with van der Waals surface area (Å²) in [5.41, 5.74) is -2.69. The van der Waals surface area contributed by atoms with Crippen LogP contribution >= 0.6 is 0 Å². The van der Waals surface area contributed by atoms with E-state index in [0.29, 0.717) is 6.42 Å². The molecule has 0 unspecified atom stereocenters. The molecule has 8 heteroatoms. The molecule has 1 aliphatic carbocycles. The van der Waals surface area contributed by atoms with Crippen LogP contribution < -0.4 is 10.6 Å². The normalized spacial score (nSPS) is 16.6. The summed E-state index contributed by atoms with van der Waals surface area (Å²) in [5, 5.41) is 13.8. The molecule has 0 radical (unpaired) electrons. The van der Waals surface area contributed by atoms with Crippen LogP contribution in [0.1, 0.15) is 26.2 Å². The Bertz CT molecular complexity index is 615. The van der Waals surface area contributed by atoms with Crippen molar-refractivity contribution in [2.24, 2.45) is 0 Å². The first kappa shape index (κ1) is 16.3. The highest BCUT2D eigenvalue weighted by molar-refractivity contribution is 5.98. The van der Waals surface area contributed by atoms with Crippen LogP contribution in [0.25, 0.3) is 0 Å². The zero-order valence-electron chi connectivity index (χ0n) is 11.8. The number of benzene rings is 1. The molecule has 120 valence electrons. The molecule has 0 saturated heterocycles. The Balaban J connectivity index is 2.16. The number of amides is 2. The zero-order valence-corrected chi connectivity index (χ0v) is 11.8. The maximum Gasteiger partial charge on any atom is 0.352 e. The lowest BCUT2D eigenvalue weighted by Gasteiger charge is -2.41. The molecule has 0 heterocycles. The highest BCUT2D eigenvalue weighted by Gasteiger charge is 2.61. The quantitative estimate of drug-likeness (QED) is 0.797. The number of carbonyl (C=O) groups excluding carboxylic acids is 2. The summed E-state index contributed by atoms with van der Waals surface area (Å²) >= 11 is 0. The van der Waals surface area contributed by atoms with Gasteiger partial charge in [0.2, 0.25) is 5.91 Å². The van der Waals surface area contributed by atoms with Gasteiger partial charge in [-0.05, 0) is 37.5 Å². The Hall–Kier alpha value is -2.09. The summed E-state index contributed by atoms with van der Waals surface area (Å²) in [5.74, 6) is -6.93. The van der Waals surface area contributed by atoms with Crippen LogP contribution in [-0.2, 0) is 9.59 Å². The van der Waals surface area contributed by atoms with Crippen molar-refractivity contribution >= 4 is 23.2 Å². The van der Waals surface area contributed by atoms with Gasteiger partial charge in [-0.3, -0.25) is 9.59 Å². The Kier molecular flexibility index (Phi) is 4.15. The van der Waals surface area contributed by atoms with Crippen LogP contribution in [0.5, 0.6) is 0 Å². The minimum atomic E-state index is -3.95. The number of aliphatic hydroxyl groups is 1. The summed E-state index contributed by atoms with van der Waals surface area (Å²) in [4.78, 5) is 22.6. The van der Waals surface area contributed by atoms with Gasteiger partial charge in [-0.1, -0.05) is 0 Å². The van der Waals surface area contributed by atoms with Crippen LogP contribution in [-0.4, -0.2) is 28.4 Å². The zero-order chi connectivity index (χ0) is 16.5. The van der Waals surface area contributed by atoms with E-state index >= 15 is 0 Å². The molecule has 1 aromatic rings.